The Morgan fingerprint density at radius 1 is 1.07 bits per heavy atom. The molecule has 1 aromatic carbocycles. The number of fused-ring (bicyclic) bond motifs is 2. The third-order valence-corrected chi connectivity index (χ3v) is 12.9. The molecule has 2 bridgehead atoms. The summed E-state index contributed by atoms with van der Waals surface area (Å²) in [4.78, 5) is 0. The maximum atomic E-state index is 6.80. The van der Waals surface area contributed by atoms with E-state index in [1.165, 1.54) is 36.8 Å². The Morgan fingerprint density at radius 3 is 2.29 bits per heavy atom. The van der Waals surface area contributed by atoms with Crippen LogP contribution in [0.5, 0.6) is 0 Å². The number of hydrogen-bond acceptors (Lipinski definition) is 2. The van der Waals surface area contributed by atoms with Crippen LogP contribution < -0.4 is 0 Å². The van der Waals surface area contributed by atoms with Gasteiger partial charge in [-0.25, -0.2) is 0 Å². The quantitative estimate of drug-likeness (QED) is 0.431. The van der Waals surface area contributed by atoms with Crippen LogP contribution in [0.2, 0.25) is 18.1 Å². The van der Waals surface area contributed by atoms with E-state index < -0.39 is 8.32 Å². The van der Waals surface area contributed by atoms with Gasteiger partial charge in [-0.1, -0.05) is 65.3 Å². The van der Waals surface area contributed by atoms with E-state index in [-0.39, 0.29) is 5.04 Å². The molecule has 0 saturated carbocycles. The van der Waals surface area contributed by atoms with Crippen molar-refractivity contribution in [3.8, 4) is 0 Å². The normalized spacial score (nSPS) is 27.7. The van der Waals surface area contributed by atoms with E-state index in [0.717, 1.165) is 13.0 Å². The first-order chi connectivity index (χ1) is 13.2. The zero-order chi connectivity index (χ0) is 20.5. The Balaban J connectivity index is 1.72. The van der Waals surface area contributed by atoms with Crippen LogP contribution in [0.15, 0.2) is 24.3 Å². The van der Waals surface area contributed by atoms with Gasteiger partial charge in [-0.15, -0.1) is 0 Å². The van der Waals surface area contributed by atoms with Gasteiger partial charge >= 0.3 is 0 Å². The van der Waals surface area contributed by atoms with Gasteiger partial charge < -0.3 is 9.16 Å². The highest BCUT2D eigenvalue weighted by molar-refractivity contribution is 6.74. The fraction of sp³-hybridized carbons (Fsp3) is 0.760. The lowest BCUT2D eigenvalue weighted by atomic mass is 9.76. The summed E-state index contributed by atoms with van der Waals surface area (Å²) in [5.41, 5.74) is 3.07. The first kappa shape index (κ1) is 22.1. The average molecular weight is 403 g/mol. The molecule has 1 aromatic rings. The van der Waals surface area contributed by atoms with Crippen LogP contribution >= 0.6 is 0 Å². The summed E-state index contributed by atoms with van der Waals surface area (Å²) in [5.74, 6) is 1.81. The Labute approximate surface area is 174 Å². The fourth-order valence-corrected chi connectivity index (χ4v) is 7.47. The Morgan fingerprint density at radius 2 is 1.68 bits per heavy atom. The summed E-state index contributed by atoms with van der Waals surface area (Å²) in [7, 11) is -1.79. The Hall–Kier alpha value is -0.643. The summed E-state index contributed by atoms with van der Waals surface area (Å²) in [6.45, 7) is 17.5. The van der Waals surface area contributed by atoms with Gasteiger partial charge in [-0.3, -0.25) is 0 Å². The van der Waals surface area contributed by atoms with Crippen LogP contribution in [0.1, 0.15) is 65.0 Å². The number of hydrogen-bond donors (Lipinski definition) is 0. The maximum Gasteiger partial charge on any atom is 0.192 e. The van der Waals surface area contributed by atoms with Gasteiger partial charge in [0.2, 0.25) is 0 Å². The molecule has 4 atom stereocenters. The second-order valence-electron chi connectivity index (χ2n) is 10.5. The molecule has 2 nitrogen and oxygen atoms in total. The zero-order valence-corrected chi connectivity index (χ0v) is 20.3. The molecular weight excluding hydrogens is 360 g/mol. The van der Waals surface area contributed by atoms with Gasteiger partial charge in [0.05, 0.1) is 12.2 Å². The first-order valence-electron chi connectivity index (χ1n) is 11.5. The zero-order valence-electron chi connectivity index (χ0n) is 19.3. The molecule has 2 fully saturated rings. The number of ether oxygens (including phenoxy) is 1. The van der Waals surface area contributed by atoms with E-state index in [1.807, 2.05) is 0 Å². The molecule has 2 heterocycles. The highest BCUT2D eigenvalue weighted by atomic mass is 28.4. The minimum Gasteiger partial charge on any atom is -0.416 e. The van der Waals surface area contributed by atoms with E-state index in [9.17, 15) is 0 Å². The van der Waals surface area contributed by atoms with E-state index in [2.05, 4.69) is 72.0 Å². The van der Waals surface area contributed by atoms with Gasteiger partial charge in [0.1, 0.15) is 0 Å². The molecule has 3 rings (SSSR count). The van der Waals surface area contributed by atoms with Crippen molar-refractivity contribution in [2.75, 3.05) is 6.61 Å². The Kier molecular flexibility index (Phi) is 6.78. The van der Waals surface area contributed by atoms with Crippen molar-refractivity contribution in [1.29, 1.82) is 0 Å². The summed E-state index contributed by atoms with van der Waals surface area (Å²) < 4.78 is 13.2. The standard InChI is InChI=1S/C25H42O2Si/c1-8-11-19-12-9-10-13-20(19)16-21-22(24-15-14-23(21)27-24)17-26-28(6,7)25(4,5)18(2)3/h9-10,12-13,18,21-24H,8,11,14-17H2,1-7H3/t21-,22+,23+,24-/m0/s1. The topological polar surface area (TPSA) is 18.5 Å². The first-order valence-corrected chi connectivity index (χ1v) is 14.4. The molecule has 0 aliphatic carbocycles. The third kappa shape index (κ3) is 4.27. The molecule has 3 heteroatoms. The van der Waals surface area contributed by atoms with Crippen LogP contribution in [-0.4, -0.2) is 27.1 Å². The summed E-state index contributed by atoms with van der Waals surface area (Å²) in [6, 6.07) is 9.05. The Bertz CT molecular complexity index is 652. The molecule has 0 unspecified atom stereocenters. The highest BCUT2D eigenvalue weighted by Crippen LogP contribution is 2.48. The molecule has 2 aliphatic rings. The van der Waals surface area contributed by atoms with Crippen molar-refractivity contribution in [2.45, 2.75) is 97.1 Å². The fourth-order valence-electron chi connectivity index (χ4n) is 5.09. The van der Waals surface area contributed by atoms with Crippen LogP contribution in [0.3, 0.4) is 0 Å². The largest absolute Gasteiger partial charge is 0.416 e. The van der Waals surface area contributed by atoms with E-state index in [4.69, 9.17) is 9.16 Å². The summed E-state index contributed by atoms with van der Waals surface area (Å²) in [5, 5.41) is 0.273. The molecule has 158 valence electrons. The monoisotopic (exact) mass is 402 g/mol. The van der Waals surface area contributed by atoms with Gasteiger partial charge in [0.15, 0.2) is 8.32 Å². The van der Waals surface area contributed by atoms with E-state index >= 15 is 0 Å². The molecule has 0 amide bonds. The molecule has 0 spiro atoms. The van der Waals surface area contributed by atoms with Crippen molar-refractivity contribution < 1.29 is 9.16 Å². The van der Waals surface area contributed by atoms with E-state index in [0.29, 0.717) is 30.0 Å². The summed E-state index contributed by atoms with van der Waals surface area (Å²) in [6.07, 6.45) is 6.86. The molecule has 0 radical (unpaired) electrons. The second-order valence-corrected chi connectivity index (χ2v) is 15.1. The number of benzene rings is 1. The maximum absolute atomic E-state index is 6.80. The molecule has 2 aliphatic heterocycles. The average Bonchev–Trinajstić information content (AvgIpc) is 3.23. The van der Waals surface area contributed by atoms with Crippen LogP contribution in [0.4, 0.5) is 0 Å². The third-order valence-electron chi connectivity index (χ3n) is 8.32. The lowest BCUT2D eigenvalue weighted by molar-refractivity contribution is 0.0793. The molecule has 2 saturated heterocycles. The SMILES string of the molecule is CCCc1ccccc1C[C@H]1[C@@H](CO[Si](C)(C)C(C)(C)C(C)C)[C@@H]2CC[C@H]1O2. The van der Waals surface area contributed by atoms with Crippen LogP contribution in [-0.2, 0) is 22.0 Å². The predicted octanol–water partition coefficient (Wildman–Crippen LogP) is 6.63. The van der Waals surface area contributed by atoms with Crippen molar-refractivity contribution in [3.05, 3.63) is 35.4 Å². The minimum atomic E-state index is -1.79. The number of aryl methyl sites for hydroxylation is 1. The predicted molar refractivity (Wildman–Crippen MR) is 121 cm³/mol. The van der Waals surface area contributed by atoms with Gasteiger partial charge in [0, 0.05) is 12.5 Å². The van der Waals surface area contributed by atoms with Crippen LogP contribution in [0, 0.1) is 17.8 Å². The van der Waals surface area contributed by atoms with Gasteiger partial charge in [0.25, 0.3) is 0 Å². The van der Waals surface area contributed by atoms with Crippen molar-refractivity contribution in [3.63, 3.8) is 0 Å². The highest BCUT2D eigenvalue weighted by Gasteiger charge is 2.50. The second kappa shape index (κ2) is 8.61. The summed E-state index contributed by atoms with van der Waals surface area (Å²) >= 11 is 0. The minimum absolute atomic E-state index is 0.273. The van der Waals surface area contributed by atoms with Crippen molar-refractivity contribution in [2.24, 2.45) is 17.8 Å². The molecule has 0 N–H and O–H groups in total. The smallest absolute Gasteiger partial charge is 0.192 e. The number of rotatable bonds is 9. The molecule has 0 aromatic heterocycles. The van der Waals surface area contributed by atoms with E-state index in [1.54, 1.807) is 0 Å². The molecular formula is C25H42O2Si. The molecule has 28 heavy (non-hydrogen) atoms. The van der Waals surface area contributed by atoms with Gasteiger partial charge in [-0.05, 0) is 66.8 Å². The van der Waals surface area contributed by atoms with Crippen LogP contribution in [0.25, 0.3) is 0 Å². The van der Waals surface area contributed by atoms with Crippen molar-refractivity contribution >= 4 is 8.32 Å². The lowest BCUT2D eigenvalue weighted by Gasteiger charge is -2.43. The van der Waals surface area contributed by atoms with Crippen molar-refractivity contribution in [1.82, 2.24) is 0 Å². The lowest BCUT2D eigenvalue weighted by Crippen LogP contribution is -2.47. The van der Waals surface area contributed by atoms with Gasteiger partial charge in [-0.2, -0.15) is 0 Å².